The molecule has 0 spiro atoms. The summed E-state index contributed by atoms with van der Waals surface area (Å²) in [5, 5.41) is 0. The number of methoxy groups -OCH3 is 1. The summed E-state index contributed by atoms with van der Waals surface area (Å²) in [5.74, 6) is 0.288. The third kappa shape index (κ3) is 3.18. The molecule has 0 unspecified atom stereocenters. The molecule has 142 valence electrons. The molecule has 3 aliphatic rings. The minimum Gasteiger partial charge on any atom is -0.381 e. The lowest BCUT2D eigenvalue weighted by Gasteiger charge is -2.49. The minimum atomic E-state index is 0.288. The number of benzene rings is 1. The number of aryl methyl sites for hydroxylation is 1. The molecule has 0 radical (unpaired) electrons. The SMILES string of the molecule is CO[C@H]1CC[C@](C)(N2CCC(N3C(=O)Cc4ccc(C)cc43)CC2)CC1. The van der Waals surface area contributed by atoms with Gasteiger partial charge in [-0.3, -0.25) is 9.69 Å². The van der Waals surface area contributed by atoms with Crippen LogP contribution in [0.4, 0.5) is 5.69 Å². The normalized spacial score (nSPS) is 30.7. The fraction of sp³-hybridized carbons (Fsp3) is 0.682. The standard InChI is InChI=1S/C22H32N2O2/c1-16-4-5-17-15-21(25)24(20(17)14-16)18-8-12-23(13-9-18)22(2)10-6-19(26-3)7-11-22/h4-5,14,18-19H,6-13,15H2,1-3H3/t19-,22-. The zero-order valence-electron chi connectivity index (χ0n) is 16.5. The fourth-order valence-corrected chi connectivity index (χ4v) is 5.26. The van der Waals surface area contributed by atoms with E-state index in [0.717, 1.165) is 25.9 Å². The van der Waals surface area contributed by atoms with Gasteiger partial charge in [-0.15, -0.1) is 0 Å². The minimum absolute atomic E-state index is 0.288. The van der Waals surface area contributed by atoms with Crippen LogP contribution in [0.25, 0.3) is 0 Å². The number of carbonyl (C=O) groups excluding carboxylic acids is 1. The first-order chi connectivity index (χ1) is 12.5. The molecular weight excluding hydrogens is 324 g/mol. The number of ether oxygens (including phenoxy) is 1. The molecule has 26 heavy (non-hydrogen) atoms. The quantitative estimate of drug-likeness (QED) is 0.828. The molecular formula is C22H32N2O2. The second kappa shape index (κ2) is 6.97. The molecule has 4 rings (SSSR count). The number of fused-ring (bicyclic) bond motifs is 1. The number of anilines is 1. The van der Waals surface area contributed by atoms with Crippen molar-refractivity contribution in [3.63, 3.8) is 0 Å². The Morgan fingerprint density at radius 2 is 1.81 bits per heavy atom. The number of piperidine rings is 1. The molecule has 1 saturated heterocycles. The van der Waals surface area contributed by atoms with Crippen LogP contribution in [-0.2, 0) is 16.0 Å². The van der Waals surface area contributed by atoms with Crippen LogP contribution in [0.1, 0.15) is 56.6 Å². The van der Waals surface area contributed by atoms with E-state index in [1.807, 2.05) is 7.11 Å². The summed E-state index contributed by atoms with van der Waals surface area (Å²) in [7, 11) is 1.84. The summed E-state index contributed by atoms with van der Waals surface area (Å²) < 4.78 is 5.55. The Morgan fingerprint density at radius 1 is 1.12 bits per heavy atom. The predicted octanol–water partition coefficient (Wildman–Crippen LogP) is 3.70. The monoisotopic (exact) mass is 356 g/mol. The van der Waals surface area contributed by atoms with Crippen molar-refractivity contribution in [2.75, 3.05) is 25.1 Å². The molecule has 4 nitrogen and oxygen atoms in total. The van der Waals surface area contributed by atoms with Crippen LogP contribution in [0.3, 0.4) is 0 Å². The first-order valence-electron chi connectivity index (χ1n) is 10.2. The zero-order chi connectivity index (χ0) is 18.3. The van der Waals surface area contributed by atoms with Crippen molar-refractivity contribution in [3.05, 3.63) is 29.3 Å². The molecule has 1 aliphatic carbocycles. The molecule has 4 heteroatoms. The average Bonchev–Trinajstić information content (AvgIpc) is 2.97. The van der Waals surface area contributed by atoms with Crippen molar-refractivity contribution in [1.82, 2.24) is 4.90 Å². The van der Waals surface area contributed by atoms with E-state index in [-0.39, 0.29) is 5.91 Å². The molecule has 0 aromatic heterocycles. The molecule has 1 aromatic carbocycles. The number of hydrogen-bond donors (Lipinski definition) is 0. The Kier molecular flexibility index (Phi) is 4.83. The highest BCUT2D eigenvalue weighted by atomic mass is 16.5. The predicted molar refractivity (Wildman–Crippen MR) is 105 cm³/mol. The van der Waals surface area contributed by atoms with Gasteiger partial charge in [0.05, 0.1) is 12.5 Å². The van der Waals surface area contributed by atoms with Crippen molar-refractivity contribution in [3.8, 4) is 0 Å². The van der Waals surface area contributed by atoms with Gasteiger partial charge >= 0.3 is 0 Å². The zero-order valence-corrected chi connectivity index (χ0v) is 16.5. The van der Waals surface area contributed by atoms with Crippen molar-refractivity contribution >= 4 is 11.6 Å². The number of carbonyl (C=O) groups is 1. The van der Waals surface area contributed by atoms with Gasteiger partial charge in [-0.2, -0.15) is 0 Å². The van der Waals surface area contributed by atoms with E-state index in [4.69, 9.17) is 4.74 Å². The summed E-state index contributed by atoms with van der Waals surface area (Å²) in [6.07, 6.45) is 7.98. The molecule has 2 heterocycles. The molecule has 1 saturated carbocycles. The topological polar surface area (TPSA) is 32.8 Å². The Morgan fingerprint density at radius 3 is 2.46 bits per heavy atom. The van der Waals surface area contributed by atoms with Gasteiger partial charge in [0.15, 0.2) is 0 Å². The largest absolute Gasteiger partial charge is 0.381 e. The van der Waals surface area contributed by atoms with Crippen molar-refractivity contribution in [1.29, 1.82) is 0 Å². The second-order valence-electron chi connectivity index (χ2n) is 8.72. The maximum Gasteiger partial charge on any atom is 0.231 e. The van der Waals surface area contributed by atoms with E-state index in [2.05, 4.69) is 41.8 Å². The van der Waals surface area contributed by atoms with Crippen molar-refractivity contribution in [2.45, 2.75) is 76.5 Å². The van der Waals surface area contributed by atoms with E-state index < -0.39 is 0 Å². The van der Waals surface area contributed by atoms with Crippen LogP contribution in [-0.4, -0.2) is 48.7 Å². The van der Waals surface area contributed by atoms with Crippen molar-refractivity contribution < 1.29 is 9.53 Å². The molecule has 1 amide bonds. The number of hydrogen-bond acceptors (Lipinski definition) is 3. The molecule has 0 atom stereocenters. The van der Waals surface area contributed by atoms with Gasteiger partial charge in [0, 0.05) is 37.5 Å². The molecule has 0 bridgehead atoms. The van der Waals surface area contributed by atoms with Crippen LogP contribution >= 0.6 is 0 Å². The summed E-state index contributed by atoms with van der Waals surface area (Å²) >= 11 is 0. The second-order valence-corrected chi connectivity index (χ2v) is 8.72. The van der Waals surface area contributed by atoms with Gasteiger partial charge in [-0.05, 0) is 69.6 Å². The van der Waals surface area contributed by atoms with Gasteiger partial charge < -0.3 is 9.64 Å². The summed E-state index contributed by atoms with van der Waals surface area (Å²) in [4.78, 5) is 17.5. The fourth-order valence-electron chi connectivity index (χ4n) is 5.26. The third-order valence-corrected chi connectivity index (χ3v) is 7.05. The van der Waals surface area contributed by atoms with Crippen LogP contribution in [0, 0.1) is 6.92 Å². The van der Waals surface area contributed by atoms with Crippen LogP contribution in [0.2, 0.25) is 0 Å². The molecule has 2 fully saturated rings. The first-order valence-corrected chi connectivity index (χ1v) is 10.2. The van der Waals surface area contributed by atoms with E-state index in [1.165, 1.54) is 42.5 Å². The van der Waals surface area contributed by atoms with E-state index >= 15 is 0 Å². The van der Waals surface area contributed by atoms with Crippen LogP contribution in [0.15, 0.2) is 18.2 Å². The lowest BCUT2D eigenvalue weighted by atomic mass is 9.79. The summed E-state index contributed by atoms with van der Waals surface area (Å²) in [5.41, 5.74) is 3.92. The van der Waals surface area contributed by atoms with E-state index in [1.54, 1.807) is 0 Å². The Balaban J connectivity index is 1.42. The maximum absolute atomic E-state index is 12.7. The maximum atomic E-state index is 12.7. The number of amides is 1. The van der Waals surface area contributed by atoms with E-state index in [9.17, 15) is 4.79 Å². The van der Waals surface area contributed by atoms with Gasteiger partial charge in [0.25, 0.3) is 0 Å². The highest BCUT2D eigenvalue weighted by Gasteiger charge is 2.40. The summed E-state index contributed by atoms with van der Waals surface area (Å²) in [6.45, 7) is 6.74. The lowest BCUT2D eigenvalue weighted by Crippen LogP contribution is -2.55. The third-order valence-electron chi connectivity index (χ3n) is 7.05. The van der Waals surface area contributed by atoms with Gasteiger partial charge in [0.2, 0.25) is 5.91 Å². The highest BCUT2D eigenvalue weighted by Crippen LogP contribution is 2.39. The smallest absolute Gasteiger partial charge is 0.231 e. The molecule has 2 aliphatic heterocycles. The highest BCUT2D eigenvalue weighted by molar-refractivity contribution is 6.02. The number of rotatable bonds is 3. The van der Waals surface area contributed by atoms with Crippen molar-refractivity contribution in [2.24, 2.45) is 0 Å². The van der Waals surface area contributed by atoms with Crippen LogP contribution < -0.4 is 4.90 Å². The number of likely N-dealkylation sites (tertiary alicyclic amines) is 1. The first kappa shape index (κ1) is 18.0. The molecule has 0 N–H and O–H groups in total. The van der Waals surface area contributed by atoms with E-state index in [0.29, 0.717) is 24.1 Å². The lowest BCUT2D eigenvalue weighted by molar-refractivity contribution is -0.118. The van der Waals surface area contributed by atoms with Gasteiger partial charge in [0.1, 0.15) is 0 Å². The average molecular weight is 357 g/mol. The molecule has 1 aromatic rings. The Bertz CT molecular complexity index is 671. The Labute approximate surface area is 157 Å². The van der Waals surface area contributed by atoms with Gasteiger partial charge in [-0.25, -0.2) is 0 Å². The summed E-state index contributed by atoms with van der Waals surface area (Å²) in [6, 6.07) is 6.81. The van der Waals surface area contributed by atoms with Gasteiger partial charge in [-0.1, -0.05) is 12.1 Å². The van der Waals surface area contributed by atoms with Crippen LogP contribution in [0.5, 0.6) is 0 Å². The Hall–Kier alpha value is -1.39. The number of nitrogens with zero attached hydrogens (tertiary/aromatic N) is 2.